The molecule has 0 unspecified atom stereocenters. The standard InChI is InChI=1S/C22H16N4O3/c27-13-23-15-11-9-14(10-12-15)20-24-21(16-5-1-3-7-18(16)28)26-22(25-20)17-6-2-4-8-19(17)29/h1-13,28-29H,(H,23,27). The lowest BCUT2D eigenvalue weighted by molar-refractivity contribution is -0.105. The summed E-state index contributed by atoms with van der Waals surface area (Å²) in [6.07, 6.45) is 0.602. The van der Waals surface area contributed by atoms with E-state index in [2.05, 4.69) is 20.3 Å². The lowest BCUT2D eigenvalue weighted by atomic mass is 10.1. The van der Waals surface area contributed by atoms with Crippen LogP contribution < -0.4 is 5.32 Å². The molecule has 3 aromatic carbocycles. The largest absolute Gasteiger partial charge is 0.507 e. The monoisotopic (exact) mass is 384 g/mol. The Morgan fingerprint density at radius 2 is 1.14 bits per heavy atom. The molecule has 7 heteroatoms. The molecule has 0 spiro atoms. The van der Waals surface area contributed by atoms with Gasteiger partial charge in [-0.1, -0.05) is 24.3 Å². The highest BCUT2D eigenvalue weighted by molar-refractivity contribution is 5.74. The number of anilines is 1. The van der Waals surface area contributed by atoms with E-state index in [0.717, 1.165) is 0 Å². The van der Waals surface area contributed by atoms with E-state index in [1.165, 1.54) is 0 Å². The van der Waals surface area contributed by atoms with Crippen molar-refractivity contribution in [3.63, 3.8) is 0 Å². The van der Waals surface area contributed by atoms with E-state index in [1.807, 2.05) is 0 Å². The molecule has 7 nitrogen and oxygen atoms in total. The first-order valence-electron chi connectivity index (χ1n) is 8.79. The number of amides is 1. The van der Waals surface area contributed by atoms with Crippen LogP contribution in [0.15, 0.2) is 72.8 Å². The molecule has 142 valence electrons. The SMILES string of the molecule is O=CNc1ccc(-c2nc(-c3ccccc3O)nc(-c3ccccc3O)n2)cc1. The fourth-order valence-electron chi connectivity index (χ4n) is 2.85. The molecule has 0 bridgehead atoms. The normalized spacial score (nSPS) is 10.5. The van der Waals surface area contributed by atoms with Crippen molar-refractivity contribution in [1.82, 2.24) is 15.0 Å². The van der Waals surface area contributed by atoms with E-state index >= 15 is 0 Å². The van der Waals surface area contributed by atoms with Gasteiger partial charge >= 0.3 is 0 Å². The molecule has 0 aliphatic rings. The van der Waals surface area contributed by atoms with Gasteiger partial charge in [0.2, 0.25) is 6.41 Å². The summed E-state index contributed by atoms with van der Waals surface area (Å²) in [6, 6.07) is 20.5. The van der Waals surface area contributed by atoms with Crippen LogP contribution in [-0.2, 0) is 4.79 Å². The van der Waals surface area contributed by atoms with Gasteiger partial charge in [-0.2, -0.15) is 0 Å². The van der Waals surface area contributed by atoms with Crippen molar-refractivity contribution in [2.24, 2.45) is 0 Å². The van der Waals surface area contributed by atoms with Gasteiger partial charge < -0.3 is 15.5 Å². The van der Waals surface area contributed by atoms with Crippen molar-refractivity contribution in [2.75, 3.05) is 5.32 Å². The van der Waals surface area contributed by atoms with E-state index in [4.69, 9.17) is 0 Å². The summed E-state index contributed by atoms with van der Waals surface area (Å²) < 4.78 is 0. The number of rotatable bonds is 5. The fraction of sp³-hybridized carbons (Fsp3) is 0. The summed E-state index contributed by atoms with van der Waals surface area (Å²) >= 11 is 0. The Balaban J connectivity index is 1.90. The first kappa shape index (κ1) is 18.1. The van der Waals surface area contributed by atoms with Crippen LogP contribution in [0.1, 0.15) is 0 Å². The first-order valence-corrected chi connectivity index (χ1v) is 8.79. The highest BCUT2D eigenvalue weighted by atomic mass is 16.3. The molecule has 3 N–H and O–H groups in total. The van der Waals surface area contributed by atoms with E-state index in [-0.39, 0.29) is 23.1 Å². The second-order valence-electron chi connectivity index (χ2n) is 6.18. The van der Waals surface area contributed by atoms with Gasteiger partial charge in [0, 0.05) is 11.3 Å². The number of para-hydroxylation sites is 2. The van der Waals surface area contributed by atoms with Gasteiger partial charge in [-0.25, -0.2) is 15.0 Å². The summed E-state index contributed by atoms with van der Waals surface area (Å²) in [4.78, 5) is 24.1. The van der Waals surface area contributed by atoms with Gasteiger partial charge in [0.1, 0.15) is 11.5 Å². The number of carbonyl (C=O) groups excluding carboxylic acids is 1. The second-order valence-corrected chi connectivity index (χ2v) is 6.18. The molecular formula is C22H16N4O3. The van der Waals surface area contributed by atoms with Crippen LogP contribution in [0.3, 0.4) is 0 Å². The minimum Gasteiger partial charge on any atom is -0.507 e. The molecule has 0 saturated heterocycles. The second kappa shape index (κ2) is 7.77. The van der Waals surface area contributed by atoms with E-state index in [1.54, 1.807) is 72.8 Å². The molecule has 1 amide bonds. The Morgan fingerprint density at radius 3 is 1.62 bits per heavy atom. The number of phenols is 2. The summed E-state index contributed by atoms with van der Waals surface area (Å²) in [5.74, 6) is 1.01. The Morgan fingerprint density at radius 1 is 0.655 bits per heavy atom. The summed E-state index contributed by atoms with van der Waals surface area (Å²) in [6.45, 7) is 0. The summed E-state index contributed by atoms with van der Waals surface area (Å²) in [7, 11) is 0. The van der Waals surface area contributed by atoms with Crippen LogP contribution in [0.4, 0.5) is 5.69 Å². The predicted octanol–water partition coefficient (Wildman–Crippen LogP) is 3.85. The van der Waals surface area contributed by atoms with Gasteiger partial charge in [0.25, 0.3) is 0 Å². The average molecular weight is 384 g/mol. The Labute approximate surface area is 166 Å². The molecule has 0 radical (unpaired) electrons. The molecule has 29 heavy (non-hydrogen) atoms. The number of benzene rings is 3. The third-order valence-corrected chi connectivity index (χ3v) is 4.29. The number of hydrogen-bond acceptors (Lipinski definition) is 6. The van der Waals surface area contributed by atoms with Gasteiger partial charge in [0.15, 0.2) is 17.5 Å². The van der Waals surface area contributed by atoms with Crippen LogP contribution in [0, 0.1) is 0 Å². The number of phenolic OH excluding ortho intramolecular Hbond substituents is 2. The number of carbonyl (C=O) groups is 1. The highest BCUT2D eigenvalue weighted by Crippen LogP contribution is 2.32. The van der Waals surface area contributed by atoms with Gasteiger partial charge in [-0.3, -0.25) is 4.79 Å². The Hall–Kier alpha value is -4.26. The van der Waals surface area contributed by atoms with E-state index in [9.17, 15) is 15.0 Å². The Kier molecular flexibility index (Phi) is 4.86. The minimum absolute atomic E-state index is 0.0402. The van der Waals surface area contributed by atoms with Crippen LogP contribution in [0.2, 0.25) is 0 Å². The van der Waals surface area contributed by atoms with Crippen LogP contribution in [0.5, 0.6) is 11.5 Å². The van der Waals surface area contributed by atoms with E-state index in [0.29, 0.717) is 34.6 Å². The zero-order valence-corrected chi connectivity index (χ0v) is 15.1. The lowest BCUT2D eigenvalue weighted by Crippen LogP contribution is -2.00. The van der Waals surface area contributed by atoms with Gasteiger partial charge in [0.05, 0.1) is 11.1 Å². The quantitative estimate of drug-likeness (QED) is 0.451. The molecule has 0 aliphatic heterocycles. The Bertz CT molecular complexity index is 1110. The molecule has 0 atom stereocenters. The summed E-state index contributed by atoms with van der Waals surface area (Å²) in [5.41, 5.74) is 2.23. The zero-order valence-electron chi connectivity index (χ0n) is 15.1. The van der Waals surface area contributed by atoms with Crippen molar-refractivity contribution in [1.29, 1.82) is 0 Å². The predicted molar refractivity (Wildman–Crippen MR) is 109 cm³/mol. The van der Waals surface area contributed by atoms with Gasteiger partial charge in [-0.15, -0.1) is 0 Å². The molecule has 0 aliphatic carbocycles. The van der Waals surface area contributed by atoms with E-state index < -0.39 is 0 Å². The van der Waals surface area contributed by atoms with Crippen molar-refractivity contribution in [2.45, 2.75) is 0 Å². The average Bonchev–Trinajstić information content (AvgIpc) is 2.75. The fourth-order valence-corrected chi connectivity index (χ4v) is 2.85. The molecule has 1 aromatic heterocycles. The zero-order chi connectivity index (χ0) is 20.2. The molecule has 4 aromatic rings. The van der Waals surface area contributed by atoms with Crippen LogP contribution >= 0.6 is 0 Å². The smallest absolute Gasteiger partial charge is 0.211 e. The third-order valence-electron chi connectivity index (χ3n) is 4.29. The van der Waals surface area contributed by atoms with Crippen LogP contribution in [-0.4, -0.2) is 31.6 Å². The topological polar surface area (TPSA) is 108 Å². The maximum atomic E-state index is 10.6. The van der Waals surface area contributed by atoms with Crippen molar-refractivity contribution < 1.29 is 15.0 Å². The number of nitrogens with zero attached hydrogens (tertiary/aromatic N) is 3. The molecule has 0 fully saturated rings. The molecule has 1 heterocycles. The highest BCUT2D eigenvalue weighted by Gasteiger charge is 2.15. The molecule has 4 rings (SSSR count). The number of aromatic hydroxyl groups is 2. The number of aromatic nitrogens is 3. The van der Waals surface area contributed by atoms with Gasteiger partial charge in [-0.05, 0) is 48.5 Å². The minimum atomic E-state index is 0.0402. The van der Waals surface area contributed by atoms with Crippen LogP contribution in [0.25, 0.3) is 34.2 Å². The lowest BCUT2D eigenvalue weighted by Gasteiger charge is -2.10. The molecule has 0 saturated carbocycles. The number of nitrogens with one attached hydrogen (secondary N) is 1. The maximum Gasteiger partial charge on any atom is 0.211 e. The third kappa shape index (κ3) is 3.74. The first-order chi connectivity index (χ1) is 14.2. The number of hydrogen-bond donors (Lipinski definition) is 3. The summed E-state index contributed by atoms with van der Waals surface area (Å²) in [5, 5.41) is 23.1. The van der Waals surface area contributed by atoms with Crippen molar-refractivity contribution >= 4 is 12.1 Å². The van der Waals surface area contributed by atoms with Crippen molar-refractivity contribution in [3.8, 4) is 45.7 Å². The maximum absolute atomic E-state index is 10.6. The molecular weight excluding hydrogens is 368 g/mol. The van der Waals surface area contributed by atoms with Crippen molar-refractivity contribution in [3.05, 3.63) is 72.8 Å².